The number of carbonyl (C=O) groups excluding carboxylic acids is 2. The molecule has 2 amide bonds. The van der Waals surface area contributed by atoms with Gasteiger partial charge in [0.05, 0.1) is 23.8 Å². The first kappa shape index (κ1) is 40.7. The largest absolute Gasteiger partial charge is 0.389 e. The zero-order chi connectivity index (χ0) is 36.5. The van der Waals surface area contributed by atoms with Crippen molar-refractivity contribution in [2.24, 2.45) is 11.8 Å². The van der Waals surface area contributed by atoms with E-state index >= 15 is 0 Å². The van der Waals surface area contributed by atoms with Crippen LogP contribution in [0.5, 0.6) is 0 Å². The molecule has 50 heavy (non-hydrogen) atoms. The van der Waals surface area contributed by atoms with Crippen LogP contribution in [-0.4, -0.2) is 96.9 Å². The number of hydrogen-bond donors (Lipinski definition) is 4. The molecular formula is C39H54N4O6S. The van der Waals surface area contributed by atoms with E-state index in [9.17, 15) is 28.2 Å². The number of likely N-dealkylation sites (N-methyl/N-ethyl adjacent to an activating group) is 2. The third-order valence-electron chi connectivity index (χ3n) is 9.40. The van der Waals surface area contributed by atoms with Gasteiger partial charge >= 0.3 is 0 Å². The van der Waals surface area contributed by atoms with Crippen LogP contribution in [0.1, 0.15) is 62.5 Å². The number of benzene rings is 2. The van der Waals surface area contributed by atoms with Crippen molar-refractivity contribution >= 4 is 21.8 Å². The molecule has 2 aromatic carbocycles. The number of terminal acetylenes is 2. The molecule has 0 aliphatic heterocycles. The van der Waals surface area contributed by atoms with Crippen molar-refractivity contribution in [2.75, 3.05) is 32.9 Å². The lowest BCUT2D eigenvalue weighted by Crippen LogP contribution is -2.56. The fourth-order valence-electron chi connectivity index (χ4n) is 6.41. The maximum absolute atomic E-state index is 13.9. The average molecular weight is 707 g/mol. The molecule has 3 rings (SSSR count). The Hall–Kier alpha value is -3.71. The molecule has 0 radical (unpaired) electrons. The molecule has 0 spiro atoms. The van der Waals surface area contributed by atoms with E-state index in [-0.39, 0.29) is 31.7 Å². The van der Waals surface area contributed by atoms with Crippen molar-refractivity contribution in [1.82, 2.24) is 19.8 Å². The van der Waals surface area contributed by atoms with Gasteiger partial charge in [-0.1, -0.05) is 92.8 Å². The van der Waals surface area contributed by atoms with Crippen LogP contribution in [0.2, 0.25) is 0 Å². The predicted molar refractivity (Wildman–Crippen MR) is 197 cm³/mol. The first-order chi connectivity index (χ1) is 23.9. The van der Waals surface area contributed by atoms with E-state index in [2.05, 4.69) is 22.5 Å². The fourth-order valence-corrected chi connectivity index (χ4v) is 7.80. The number of aliphatic hydroxyl groups excluding tert-OH is 2. The molecule has 0 heterocycles. The summed E-state index contributed by atoms with van der Waals surface area (Å²) in [5.74, 6) is 2.29. The van der Waals surface area contributed by atoms with Gasteiger partial charge in [0.2, 0.25) is 21.8 Å². The van der Waals surface area contributed by atoms with Crippen molar-refractivity contribution < 1.29 is 28.2 Å². The first-order valence-corrected chi connectivity index (χ1v) is 19.1. The lowest BCUT2D eigenvalue weighted by atomic mass is 9.82. The number of nitrogens with zero attached hydrogens (tertiary/aromatic N) is 2. The molecule has 0 bridgehead atoms. The average Bonchev–Trinajstić information content (AvgIpc) is 3.10. The molecule has 5 atom stereocenters. The Labute approximate surface area is 299 Å². The van der Waals surface area contributed by atoms with Gasteiger partial charge in [0.1, 0.15) is 12.1 Å². The van der Waals surface area contributed by atoms with Crippen molar-refractivity contribution in [3.05, 3.63) is 71.8 Å². The molecule has 0 aromatic heterocycles. The normalized spacial score (nSPS) is 16.8. The van der Waals surface area contributed by atoms with E-state index < -0.39 is 57.8 Å². The summed E-state index contributed by atoms with van der Waals surface area (Å²) in [4.78, 5) is 29.6. The Balaban J connectivity index is 1.74. The van der Waals surface area contributed by atoms with E-state index in [1.807, 2.05) is 72.6 Å². The second kappa shape index (κ2) is 20.8. The molecule has 10 nitrogen and oxygen atoms in total. The van der Waals surface area contributed by atoms with Crippen molar-refractivity contribution in [3.8, 4) is 24.7 Å². The van der Waals surface area contributed by atoms with E-state index in [4.69, 9.17) is 12.8 Å². The van der Waals surface area contributed by atoms with E-state index in [0.717, 1.165) is 43.2 Å². The molecular weight excluding hydrogens is 653 g/mol. The number of amides is 2. The summed E-state index contributed by atoms with van der Waals surface area (Å²) in [7, 11) is -0.470. The Morgan fingerprint density at radius 3 is 2.06 bits per heavy atom. The maximum Gasteiger partial charge on any atom is 0.243 e. The van der Waals surface area contributed by atoms with Gasteiger partial charge in [0.25, 0.3) is 0 Å². The van der Waals surface area contributed by atoms with Crippen LogP contribution in [0, 0.1) is 36.5 Å². The minimum absolute atomic E-state index is 0.0872. The molecule has 0 saturated heterocycles. The van der Waals surface area contributed by atoms with Crippen molar-refractivity contribution in [2.45, 2.75) is 88.6 Å². The third kappa shape index (κ3) is 13.5. The first-order valence-electron chi connectivity index (χ1n) is 17.5. The zero-order valence-electron chi connectivity index (χ0n) is 29.4. The van der Waals surface area contributed by atoms with Crippen LogP contribution >= 0.6 is 0 Å². The van der Waals surface area contributed by atoms with Gasteiger partial charge in [-0.2, -0.15) is 0 Å². The van der Waals surface area contributed by atoms with Crippen LogP contribution < -0.4 is 10.6 Å². The summed E-state index contributed by atoms with van der Waals surface area (Å²) >= 11 is 0. The topological polar surface area (TPSA) is 139 Å². The summed E-state index contributed by atoms with van der Waals surface area (Å²) in [6.07, 6.45) is 13.9. The lowest BCUT2D eigenvalue weighted by Gasteiger charge is -2.33. The standard InChI is InChI=1S/C39H54N4O6S/c1-5-16-34(39(47)41-35(37(45)36(44)17-6-2)27-31-20-12-8-13-21-31)40-38(46)33(26-30-18-10-7-11-19-30)29-50(48,49)43(4)25-24-42(3)28-32-22-14-9-15-23-32/h1-2,7,9-11,14-15,18-19,22-23,31,33-37,44-45H,8,12-13,16-17,20-21,24-29H2,3-4H3,(H,40,46)(H,41,47)/t33-,34+,35+,36+,37-/m1/s1. The molecule has 1 aliphatic rings. The van der Waals surface area contributed by atoms with E-state index in [0.29, 0.717) is 19.5 Å². The second-order valence-electron chi connectivity index (χ2n) is 13.5. The number of carbonyl (C=O) groups is 2. The molecule has 2 aromatic rings. The van der Waals surface area contributed by atoms with Gasteiger partial charge in [0.15, 0.2) is 0 Å². The SMILES string of the molecule is C#CC[C@H](NC(=O)[C@H](Cc1ccccc1)CS(=O)(=O)N(C)CCN(C)Cc1ccccc1)C(=O)N[C@@H](CC1CCCCC1)[C@@H](O)[C@@H](O)CC#C. The monoisotopic (exact) mass is 706 g/mol. The van der Waals surface area contributed by atoms with Gasteiger partial charge in [-0.05, 0) is 36.9 Å². The van der Waals surface area contributed by atoms with Crippen LogP contribution in [0.25, 0.3) is 0 Å². The Kier molecular flexibility index (Phi) is 17.0. The molecule has 4 N–H and O–H groups in total. The molecule has 0 unspecified atom stereocenters. The highest BCUT2D eigenvalue weighted by Gasteiger charge is 2.34. The molecule has 272 valence electrons. The Morgan fingerprint density at radius 1 is 0.860 bits per heavy atom. The van der Waals surface area contributed by atoms with Crippen LogP contribution in [0.3, 0.4) is 0 Å². The minimum atomic E-state index is -3.90. The highest BCUT2D eigenvalue weighted by molar-refractivity contribution is 7.89. The van der Waals surface area contributed by atoms with Gasteiger partial charge in [-0.3, -0.25) is 9.59 Å². The number of sulfonamides is 1. The van der Waals surface area contributed by atoms with Crippen molar-refractivity contribution in [3.63, 3.8) is 0 Å². The number of aliphatic hydroxyl groups is 2. The van der Waals surface area contributed by atoms with Gasteiger partial charge in [-0.25, -0.2) is 12.7 Å². The molecule has 1 fully saturated rings. The van der Waals surface area contributed by atoms with E-state index in [1.165, 1.54) is 11.4 Å². The summed E-state index contributed by atoms with van der Waals surface area (Å²) in [5, 5.41) is 27.1. The maximum atomic E-state index is 13.9. The Bertz CT molecular complexity index is 1520. The third-order valence-corrected chi connectivity index (χ3v) is 11.4. The van der Waals surface area contributed by atoms with Gasteiger partial charge in [0, 0.05) is 39.5 Å². The number of rotatable bonds is 20. The summed E-state index contributed by atoms with van der Waals surface area (Å²) in [6.45, 7) is 1.37. The second-order valence-corrected chi connectivity index (χ2v) is 15.6. The van der Waals surface area contributed by atoms with E-state index in [1.54, 1.807) is 0 Å². The molecule has 11 heteroatoms. The van der Waals surface area contributed by atoms with Gasteiger partial charge < -0.3 is 25.7 Å². The molecule has 1 saturated carbocycles. The van der Waals surface area contributed by atoms with Gasteiger partial charge in [-0.15, -0.1) is 24.7 Å². The fraction of sp³-hybridized carbons (Fsp3) is 0.538. The van der Waals surface area contributed by atoms with Crippen LogP contribution in [0.15, 0.2) is 60.7 Å². The van der Waals surface area contributed by atoms with Crippen LogP contribution in [0.4, 0.5) is 0 Å². The summed E-state index contributed by atoms with van der Waals surface area (Å²) in [6, 6.07) is 17.0. The minimum Gasteiger partial charge on any atom is -0.389 e. The number of hydrogen-bond acceptors (Lipinski definition) is 7. The summed E-state index contributed by atoms with van der Waals surface area (Å²) in [5.41, 5.74) is 1.88. The zero-order valence-corrected chi connectivity index (χ0v) is 30.2. The predicted octanol–water partition coefficient (Wildman–Crippen LogP) is 2.95. The Morgan fingerprint density at radius 2 is 1.46 bits per heavy atom. The summed E-state index contributed by atoms with van der Waals surface area (Å²) < 4.78 is 28.5. The highest BCUT2D eigenvalue weighted by Crippen LogP contribution is 2.28. The van der Waals surface area contributed by atoms with Crippen molar-refractivity contribution in [1.29, 1.82) is 0 Å². The highest BCUT2D eigenvalue weighted by atomic mass is 32.2. The quantitative estimate of drug-likeness (QED) is 0.155. The lowest BCUT2D eigenvalue weighted by molar-refractivity contribution is -0.132. The van der Waals surface area contributed by atoms with Crippen LogP contribution in [-0.2, 0) is 32.6 Å². The molecule has 1 aliphatic carbocycles. The smallest absolute Gasteiger partial charge is 0.243 e. The number of nitrogens with one attached hydrogen (secondary N) is 2.